The van der Waals surface area contributed by atoms with Gasteiger partial charge in [-0.05, 0) is 31.7 Å². The van der Waals surface area contributed by atoms with Gasteiger partial charge in [0.15, 0.2) is 0 Å². The normalized spacial score (nSPS) is 11.1. The zero-order chi connectivity index (χ0) is 15.5. The smallest absolute Gasteiger partial charge is 0.225 e. The van der Waals surface area contributed by atoms with E-state index in [1.807, 2.05) is 12.3 Å². The van der Waals surface area contributed by atoms with Crippen LogP contribution >= 0.6 is 0 Å². The molecule has 1 rings (SSSR count). The number of anilines is 1. The molecule has 1 heterocycles. The molecule has 0 aliphatic carbocycles. The van der Waals surface area contributed by atoms with Crippen LogP contribution in [0.5, 0.6) is 0 Å². The van der Waals surface area contributed by atoms with Crippen molar-refractivity contribution >= 4 is 5.95 Å². The fraction of sp³-hybridized carbons (Fsp3) is 0.778. The third-order valence-corrected chi connectivity index (χ3v) is 4.01. The van der Waals surface area contributed by atoms with Crippen molar-refractivity contribution in [3.05, 3.63) is 18.0 Å². The van der Waals surface area contributed by atoms with Crippen LogP contribution in [0.3, 0.4) is 0 Å². The van der Waals surface area contributed by atoms with Gasteiger partial charge >= 0.3 is 0 Å². The van der Waals surface area contributed by atoms with Gasteiger partial charge in [-0.2, -0.15) is 0 Å². The van der Waals surface area contributed by atoms with Crippen LogP contribution in [0.25, 0.3) is 0 Å². The summed E-state index contributed by atoms with van der Waals surface area (Å²) in [5.74, 6) is 0.938. The number of nitrogens with zero attached hydrogens (tertiary/aromatic N) is 3. The van der Waals surface area contributed by atoms with Crippen LogP contribution in [0.2, 0.25) is 0 Å². The zero-order valence-corrected chi connectivity index (χ0v) is 14.4. The second-order valence-corrected chi connectivity index (χ2v) is 5.83. The molecule has 21 heavy (non-hydrogen) atoms. The SMILES string of the molecule is CCCCC(CCCC)N(CCC)c1nccc(CC)n1. The summed E-state index contributed by atoms with van der Waals surface area (Å²) < 4.78 is 0. The van der Waals surface area contributed by atoms with Crippen molar-refractivity contribution in [1.82, 2.24) is 9.97 Å². The van der Waals surface area contributed by atoms with Gasteiger partial charge in [0.05, 0.1) is 0 Å². The fourth-order valence-electron chi connectivity index (χ4n) is 2.74. The Morgan fingerprint density at radius 1 is 1.00 bits per heavy atom. The second-order valence-electron chi connectivity index (χ2n) is 5.83. The van der Waals surface area contributed by atoms with Gasteiger partial charge in [0, 0.05) is 24.5 Å². The molecule has 0 aliphatic heterocycles. The van der Waals surface area contributed by atoms with Gasteiger partial charge in [-0.1, -0.05) is 53.4 Å². The summed E-state index contributed by atoms with van der Waals surface area (Å²) in [5, 5.41) is 0. The average Bonchev–Trinajstić information content (AvgIpc) is 2.53. The molecule has 3 heteroatoms. The van der Waals surface area contributed by atoms with Crippen molar-refractivity contribution in [2.45, 2.75) is 85.1 Å². The quantitative estimate of drug-likeness (QED) is 0.574. The molecule has 0 aromatic carbocycles. The van der Waals surface area contributed by atoms with E-state index in [0.29, 0.717) is 6.04 Å². The molecule has 0 bridgehead atoms. The van der Waals surface area contributed by atoms with Crippen LogP contribution in [-0.2, 0) is 6.42 Å². The van der Waals surface area contributed by atoms with Crippen LogP contribution < -0.4 is 4.90 Å². The molecule has 1 aromatic heterocycles. The molecule has 3 nitrogen and oxygen atoms in total. The molecule has 120 valence electrons. The molecule has 0 N–H and O–H groups in total. The Morgan fingerprint density at radius 2 is 1.67 bits per heavy atom. The molecule has 0 radical (unpaired) electrons. The Hall–Kier alpha value is -1.12. The molecular formula is C18H33N3. The van der Waals surface area contributed by atoms with E-state index in [2.05, 4.69) is 37.6 Å². The second kappa shape index (κ2) is 10.6. The van der Waals surface area contributed by atoms with E-state index in [1.165, 1.54) is 38.5 Å². The van der Waals surface area contributed by atoms with Gasteiger partial charge in [0.2, 0.25) is 5.95 Å². The Bertz CT molecular complexity index is 370. The number of aryl methyl sites for hydroxylation is 1. The van der Waals surface area contributed by atoms with Gasteiger partial charge in [-0.15, -0.1) is 0 Å². The molecule has 0 spiro atoms. The van der Waals surface area contributed by atoms with Crippen LogP contribution in [0.15, 0.2) is 12.3 Å². The van der Waals surface area contributed by atoms with Gasteiger partial charge in [-0.3, -0.25) is 0 Å². The van der Waals surface area contributed by atoms with Gasteiger partial charge in [0.1, 0.15) is 0 Å². The third-order valence-electron chi connectivity index (χ3n) is 4.01. The summed E-state index contributed by atoms with van der Waals surface area (Å²) in [5.41, 5.74) is 1.14. The van der Waals surface area contributed by atoms with E-state index >= 15 is 0 Å². The first kappa shape index (κ1) is 17.9. The van der Waals surface area contributed by atoms with Crippen molar-refractivity contribution in [2.24, 2.45) is 0 Å². The predicted octanol–water partition coefficient (Wildman–Crippen LogP) is 5.00. The van der Waals surface area contributed by atoms with Crippen LogP contribution in [-0.4, -0.2) is 22.6 Å². The number of aromatic nitrogens is 2. The zero-order valence-electron chi connectivity index (χ0n) is 14.4. The van der Waals surface area contributed by atoms with Crippen molar-refractivity contribution in [3.8, 4) is 0 Å². The highest BCUT2D eigenvalue weighted by Gasteiger charge is 2.19. The lowest BCUT2D eigenvalue weighted by atomic mass is 10.0. The van der Waals surface area contributed by atoms with Crippen LogP contribution in [0, 0.1) is 0 Å². The molecule has 0 unspecified atom stereocenters. The minimum Gasteiger partial charge on any atom is -0.338 e. The highest BCUT2D eigenvalue weighted by molar-refractivity contribution is 5.32. The van der Waals surface area contributed by atoms with E-state index in [-0.39, 0.29) is 0 Å². The number of rotatable bonds is 11. The fourth-order valence-corrected chi connectivity index (χ4v) is 2.74. The largest absolute Gasteiger partial charge is 0.338 e. The first-order chi connectivity index (χ1) is 10.3. The van der Waals surface area contributed by atoms with E-state index < -0.39 is 0 Å². The summed E-state index contributed by atoms with van der Waals surface area (Å²) in [6, 6.07) is 2.62. The number of hydrogen-bond acceptors (Lipinski definition) is 3. The minimum absolute atomic E-state index is 0.594. The molecule has 0 aliphatic rings. The number of unbranched alkanes of at least 4 members (excludes halogenated alkanes) is 2. The highest BCUT2D eigenvalue weighted by Crippen LogP contribution is 2.21. The maximum absolute atomic E-state index is 4.76. The highest BCUT2D eigenvalue weighted by atomic mass is 15.3. The molecule has 0 saturated carbocycles. The molecule has 1 aromatic rings. The van der Waals surface area contributed by atoms with Crippen molar-refractivity contribution in [3.63, 3.8) is 0 Å². The Morgan fingerprint density at radius 3 is 2.19 bits per heavy atom. The first-order valence-electron chi connectivity index (χ1n) is 8.85. The van der Waals surface area contributed by atoms with E-state index in [4.69, 9.17) is 4.98 Å². The molecule has 0 atom stereocenters. The number of hydrogen-bond donors (Lipinski definition) is 0. The molecule has 0 fully saturated rings. The summed E-state index contributed by atoms with van der Waals surface area (Å²) >= 11 is 0. The minimum atomic E-state index is 0.594. The monoisotopic (exact) mass is 291 g/mol. The van der Waals surface area contributed by atoms with Gasteiger partial charge < -0.3 is 4.90 Å². The summed E-state index contributed by atoms with van der Waals surface area (Å²) in [6.45, 7) is 10.0. The molecule has 0 amide bonds. The lowest BCUT2D eigenvalue weighted by molar-refractivity contribution is 0.471. The Balaban J connectivity index is 2.91. The lowest BCUT2D eigenvalue weighted by Crippen LogP contribution is -2.37. The van der Waals surface area contributed by atoms with Crippen LogP contribution in [0.4, 0.5) is 5.95 Å². The lowest BCUT2D eigenvalue weighted by Gasteiger charge is -2.32. The van der Waals surface area contributed by atoms with Crippen LogP contribution in [0.1, 0.15) is 78.3 Å². The average molecular weight is 291 g/mol. The maximum Gasteiger partial charge on any atom is 0.225 e. The summed E-state index contributed by atoms with van der Waals surface area (Å²) in [4.78, 5) is 11.8. The standard InChI is InChI=1S/C18H33N3/c1-5-9-11-17(12-10-6-2)21(15-7-3)18-19-14-13-16(8-4)20-18/h13-14,17H,5-12,15H2,1-4H3. The van der Waals surface area contributed by atoms with E-state index in [1.54, 1.807) is 0 Å². The van der Waals surface area contributed by atoms with Crippen molar-refractivity contribution in [2.75, 3.05) is 11.4 Å². The maximum atomic E-state index is 4.76. The predicted molar refractivity (Wildman–Crippen MR) is 91.9 cm³/mol. The summed E-state index contributed by atoms with van der Waals surface area (Å²) in [7, 11) is 0. The Kier molecular flexibility index (Phi) is 9.04. The first-order valence-corrected chi connectivity index (χ1v) is 8.85. The topological polar surface area (TPSA) is 29.0 Å². The molecular weight excluding hydrogens is 258 g/mol. The third kappa shape index (κ3) is 6.03. The van der Waals surface area contributed by atoms with E-state index in [0.717, 1.165) is 31.0 Å². The molecule has 0 saturated heterocycles. The van der Waals surface area contributed by atoms with Gasteiger partial charge in [-0.25, -0.2) is 9.97 Å². The Labute approximate surface area is 131 Å². The summed E-state index contributed by atoms with van der Waals surface area (Å²) in [6.07, 6.45) is 11.7. The van der Waals surface area contributed by atoms with Gasteiger partial charge in [0.25, 0.3) is 0 Å². The van der Waals surface area contributed by atoms with Crippen molar-refractivity contribution in [1.29, 1.82) is 0 Å². The van der Waals surface area contributed by atoms with Crippen molar-refractivity contribution < 1.29 is 0 Å². The van der Waals surface area contributed by atoms with E-state index in [9.17, 15) is 0 Å².